The smallest absolute Gasteiger partial charge is 0.274 e. The van der Waals surface area contributed by atoms with Crippen molar-refractivity contribution in [1.29, 1.82) is 0 Å². The van der Waals surface area contributed by atoms with Crippen molar-refractivity contribution >= 4 is 11.7 Å². The van der Waals surface area contributed by atoms with Gasteiger partial charge < -0.3 is 20.2 Å². The van der Waals surface area contributed by atoms with Gasteiger partial charge in [0.05, 0.1) is 19.0 Å². The van der Waals surface area contributed by atoms with Gasteiger partial charge >= 0.3 is 0 Å². The lowest BCUT2D eigenvalue weighted by atomic mass is 10.2. The Labute approximate surface area is 144 Å². The molecule has 3 rings (SSSR count). The van der Waals surface area contributed by atoms with E-state index in [1.807, 2.05) is 24.3 Å². The van der Waals surface area contributed by atoms with Crippen LogP contribution in [0.1, 0.15) is 21.7 Å². The molecule has 1 amide bonds. The SMILES string of the molecule is COc1ccccc1CNC(=O)c1nc(C)c(-c2cnco2)nc1N. The molecule has 0 aliphatic rings. The van der Waals surface area contributed by atoms with Crippen LogP contribution in [0.3, 0.4) is 0 Å². The number of amides is 1. The number of methoxy groups -OCH3 is 1. The largest absolute Gasteiger partial charge is 0.496 e. The molecular weight excluding hydrogens is 322 g/mol. The van der Waals surface area contributed by atoms with Gasteiger partial charge in [-0.05, 0) is 13.0 Å². The first kappa shape index (κ1) is 16.4. The first-order valence-corrected chi connectivity index (χ1v) is 7.53. The molecule has 0 radical (unpaired) electrons. The van der Waals surface area contributed by atoms with Crippen LogP contribution in [0.2, 0.25) is 0 Å². The number of hydrogen-bond acceptors (Lipinski definition) is 7. The molecule has 1 aromatic carbocycles. The number of ether oxygens (including phenoxy) is 1. The minimum atomic E-state index is -0.414. The van der Waals surface area contributed by atoms with Crippen LogP contribution in [-0.4, -0.2) is 28.0 Å². The van der Waals surface area contributed by atoms with Gasteiger partial charge in [-0.25, -0.2) is 15.0 Å². The molecule has 0 saturated carbocycles. The topological polar surface area (TPSA) is 116 Å². The van der Waals surface area contributed by atoms with Crippen LogP contribution in [-0.2, 0) is 6.54 Å². The first-order chi connectivity index (χ1) is 12.1. The van der Waals surface area contributed by atoms with Crippen molar-refractivity contribution < 1.29 is 13.9 Å². The molecule has 0 bridgehead atoms. The lowest BCUT2D eigenvalue weighted by Crippen LogP contribution is -2.26. The van der Waals surface area contributed by atoms with Gasteiger partial charge in [0.15, 0.2) is 23.7 Å². The van der Waals surface area contributed by atoms with Crippen LogP contribution in [0.15, 0.2) is 41.3 Å². The van der Waals surface area contributed by atoms with Crippen molar-refractivity contribution in [2.45, 2.75) is 13.5 Å². The Kier molecular flexibility index (Phi) is 4.60. The molecule has 0 atom stereocenters. The third-order valence-electron chi connectivity index (χ3n) is 3.61. The maximum absolute atomic E-state index is 12.4. The maximum Gasteiger partial charge on any atom is 0.274 e. The van der Waals surface area contributed by atoms with Crippen molar-refractivity contribution in [2.24, 2.45) is 0 Å². The second-order valence-corrected chi connectivity index (χ2v) is 5.25. The molecule has 2 heterocycles. The van der Waals surface area contributed by atoms with Crippen molar-refractivity contribution in [3.63, 3.8) is 0 Å². The Morgan fingerprint density at radius 2 is 2.12 bits per heavy atom. The van der Waals surface area contributed by atoms with Crippen molar-refractivity contribution in [3.8, 4) is 17.2 Å². The van der Waals surface area contributed by atoms with Crippen LogP contribution in [0, 0.1) is 6.92 Å². The molecule has 0 unspecified atom stereocenters. The van der Waals surface area contributed by atoms with E-state index in [1.54, 1.807) is 14.0 Å². The maximum atomic E-state index is 12.4. The van der Waals surface area contributed by atoms with Crippen LogP contribution >= 0.6 is 0 Å². The highest BCUT2D eigenvalue weighted by molar-refractivity contribution is 5.96. The normalized spacial score (nSPS) is 10.5. The third-order valence-corrected chi connectivity index (χ3v) is 3.61. The number of anilines is 1. The number of carbonyl (C=O) groups excluding carboxylic acids is 1. The number of para-hydroxylation sites is 1. The summed E-state index contributed by atoms with van der Waals surface area (Å²) in [6.07, 6.45) is 2.80. The summed E-state index contributed by atoms with van der Waals surface area (Å²) in [6.45, 7) is 2.01. The molecule has 2 aromatic heterocycles. The summed E-state index contributed by atoms with van der Waals surface area (Å²) in [5.41, 5.74) is 7.79. The molecule has 8 heteroatoms. The lowest BCUT2D eigenvalue weighted by Gasteiger charge is -2.11. The van der Waals surface area contributed by atoms with Gasteiger partial charge in [0, 0.05) is 12.1 Å². The van der Waals surface area contributed by atoms with Gasteiger partial charge in [0.2, 0.25) is 0 Å². The number of aryl methyl sites for hydroxylation is 1. The first-order valence-electron chi connectivity index (χ1n) is 7.53. The van der Waals surface area contributed by atoms with Crippen LogP contribution in [0.4, 0.5) is 5.82 Å². The highest BCUT2D eigenvalue weighted by Gasteiger charge is 2.18. The molecule has 0 saturated heterocycles. The molecule has 3 aromatic rings. The molecular formula is C17H17N5O3. The number of carbonyl (C=O) groups is 1. The van der Waals surface area contributed by atoms with Crippen LogP contribution in [0.5, 0.6) is 5.75 Å². The standard InChI is InChI=1S/C17H17N5O3/c1-10-14(13-8-19-9-25-13)22-16(18)15(21-10)17(23)20-7-11-5-3-4-6-12(11)24-2/h3-6,8-9H,7H2,1-2H3,(H2,18,22)(H,20,23). The fourth-order valence-electron chi connectivity index (χ4n) is 2.37. The number of aromatic nitrogens is 3. The Hall–Kier alpha value is -3.42. The van der Waals surface area contributed by atoms with Crippen molar-refractivity contribution in [2.75, 3.05) is 12.8 Å². The van der Waals surface area contributed by atoms with Crippen molar-refractivity contribution in [1.82, 2.24) is 20.3 Å². The zero-order valence-electron chi connectivity index (χ0n) is 13.8. The van der Waals surface area contributed by atoms with E-state index in [-0.39, 0.29) is 18.1 Å². The molecule has 0 fully saturated rings. The van der Waals surface area contributed by atoms with Crippen molar-refractivity contribution in [3.05, 3.63) is 53.8 Å². The Bertz CT molecular complexity index is 893. The fraction of sp³-hybridized carbons (Fsp3) is 0.176. The summed E-state index contributed by atoms with van der Waals surface area (Å²) in [5.74, 6) is 0.744. The van der Waals surface area contributed by atoms with E-state index in [0.717, 1.165) is 5.56 Å². The summed E-state index contributed by atoms with van der Waals surface area (Å²) in [6, 6.07) is 7.42. The number of rotatable bonds is 5. The Morgan fingerprint density at radius 3 is 2.84 bits per heavy atom. The molecule has 25 heavy (non-hydrogen) atoms. The molecule has 0 aliphatic carbocycles. The zero-order chi connectivity index (χ0) is 17.8. The second kappa shape index (κ2) is 7.00. The van der Waals surface area contributed by atoms with Gasteiger partial charge in [-0.1, -0.05) is 18.2 Å². The van der Waals surface area contributed by atoms with E-state index >= 15 is 0 Å². The summed E-state index contributed by atoms with van der Waals surface area (Å²) >= 11 is 0. The van der Waals surface area contributed by atoms with E-state index in [4.69, 9.17) is 14.9 Å². The van der Waals surface area contributed by atoms with Crippen LogP contribution in [0.25, 0.3) is 11.5 Å². The molecule has 3 N–H and O–H groups in total. The third kappa shape index (κ3) is 3.42. The van der Waals surface area contributed by atoms with E-state index in [1.165, 1.54) is 12.6 Å². The number of oxazole rings is 1. The van der Waals surface area contributed by atoms with E-state index in [2.05, 4.69) is 20.3 Å². The number of nitrogens with two attached hydrogens (primary N) is 1. The highest BCUT2D eigenvalue weighted by Crippen LogP contribution is 2.22. The number of nitrogen functional groups attached to an aromatic ring is 1. The minimum Gasteiger partial charge on any atom is -0.496 e. The zero-order valence-corrected chi connectivity index (χ0v) is 13.8. The predicted octanol–water partition coefficient (Wildman–Crippen LogP) is 1.96. The minimum absolute atomic E-state index is 0.0227. The van der Waals surface area contributed by atoms with Gasteiger partial charge in [0.25, 0.3) is 5.91 Å². The molecule has 0 spiro atoms. The van der Waals surface area contributed by atoms with E-state index in [0.29, 0.717) is 22.9 Å². The number of hydrogen-bond donors (Lipinski definition) is 2. The lowest BCUT2D eigenvalue weighted by molar-refractivity contribution is 0.0946. The Morgan fingerprint density at radius 1 is 1.32 bits per heavy atom. The summed E-state index contributed by atoms with van der Waals surface area (Å²) in [4.78, 5) is 24.7. The average Bonchev–Trinajstić information content (AvgIpc) is 3.16. The number of nitrogens with one attached hydrogen (secondary N) is 1. The van der Waals surface area contributed by atoms with Gasteiger partial charge in [-0.2, -0.15) is 0 Å². The van der Waals surface area contributed by atoms with E-state index in [9.17, 15) is 4.79 Å². The summed E-state index contributed by atoms with van der Waals surface area (Å²) in [5, 5.41) is 2.78. The molecule has 0 aliphatic heterocycles. The second-order valence-electron chi connectivity index (χ2n) is 5.25. The van der Waals surface area contributed by atoms with Gasteiger partial charge in [-0.15, -0.1) is 0 Å². The average molecular weight is 339 g/mol. The monoisotopic (exact) mass is 339 g/mol. The summed E-state index contributed by atoms with van der Waals surface area (Å²) < 4.78 is 10.5. The Balaban J connectivity index is 1.79. The highest BCUT2D eigenvalue weighted by atomic mass is 16.5. The fourth-order valence-corrected chi connectivity index (χ4v) is 2.37. The number of nitrogens with zero attached hydrogens (tertiary/aromatic N) is 3. The van der Waals surface area contributed by atoms with E-state index < -0.39 is 5.91 Å². The molecule has 8 nitrogen and oxygen atoms in total. The van der Waals surface area contributed by atoms with Gasteiger partial charge in [0.1, 0.15) is 11.4 Å². The predicted molar refractivity (Wildman–Crippen MR) is 90.8 cm³/mol. The molecule has 128 valence electrons. The van der Waals surface area contributed by atoms with Gasteiger partial charge in [-0.3, -0.25) is 4.79 Å². The summed E-state index contributed by atoms with van der Waals surface area (Å²) in [7, 11) is 1.58. The quantitative estimate of drug-likeness (QED) is 0.730. The number of benzene rings is 1. The van der Waals surface area contributed by atoms with Crippen LogP contribution < -0.4 is 15.8 Å².